The lowest BCUT2D eigenvalue weighted by Crippen LogP contribution is -2.38. The third kappa shape index (κ3) is 3.06. The van der Waals surface area contributed by atoms with Gasteiger partial charge in [-0.05, 0) is 38.8 Å². The van der Waals surface area contributed by atoms with Crippen molar-refractivity contribution in [1.29, 1.82) is 0 Å². The van der Waals surface area contributed by atoms with E-state index < -0.39 is 0 Å². The second kappa shape index (κ2) is 5.82. The highest BCUT2D eigenvalue weighted by molar-refractivity contribution is 5.91. The standard InChI is InChI=1S/C12H19N3O2/c1-13-6-2-10-4-8-15(9-5-10)12(16)11-3-7-14-17-11/h3,7,10,13H,2,4-6,8-9H2,1H3. The molecule has 2 heterocycles. The highest BCUT2D eigenvalue weighted by Gasteiger charge is 2.24. The molecule has 0 spiro atoms. The highest BCUT2D eigenvalue weighted by atomic mass is 16.5. The minimum Gasteiger partial charge on any atom is -0.351 e. The Morgan fingerprint density at radius 1 is 1.59 bits per heavy atom. The number of aromatic nitrogens is 1. The van der Waals surface area contributed by atoms with E-state index in [4.69, 9.17) is 4.52 Å². The number of piperidine rings is 1. The molecule has 5 nitrogen and oxygen atoms in total. The van der Waals surface area contributed by atoms with Crippen LogP contribution in [0.1, 0.15) is 29.8 Å². The van der Waals surface area contributed by atoms with Crippen LogP contribution in [0.25, 0.3) is 0 Å². The monoisotopic (exact) mass is 237 g/mol. The fourth-order valence-corrected chi connectivity index (χ4v) is 2.26. The van der Waals surface area contributed by atoms with Gasteiger partial charge in [0.15, 0.2) is 0 Å². The minimum atomic E-state index is -0.0328. The van der Waals surface area contributed by atoms with Gasteiger partial charge in [0.2, 0.25) is 5.76 Å². The van der Waals surface area contributed by atoms with Gasteiger partial charge in [0, 0.05) is 19.2 Å². The Labute approximate surface area is 101 Å². The molecule has 1 aromatic rings. The Morgan fingerprint density at radius 3 is 2.94 bits per heavy atom. The van der Waals surface area contributed by atoms with Crippen LogP contribution in [0.2, 0.25) is 0 Å². The first-order valence-corrected chi connectivity index (χ1v) is 6.16. The molecule has 0 atom stereocenters. The highest BCUT2D eigenvalue weighted by Crippen LogP contribution is 2.21. The molecule has 1 aliphatic rings. The molecule has 1 N–H and O–H groups in total. The molecule has 1 fully saturated rings. The summed E-state index contributed by atoms with van der Waals surface area (Å²) in [5, 5.41) is 6.73. The molecule has 0 radical (unpaired) electrons. The number of hydrogen-bond acceptors (Lipinski definition) is 4. The van der Waals surface area contributed by atoms with E-state index in [1.54, 1.807) is 6.07 Å². The Morgan fingerprint density at radius 2 is 2.35 bits per heavy atom. The number of nitrogens with zero attached hydrogens (tertiary/aromatic N) is 2. The largest absolute Gasteiger partial charge is 0.351 e. The summed E-state index contributed by atoms with van der Waals surface area (Å²) in [6.45, 7) is 2.71. The summed E-state index contributed by atoms with van der Waals surface area (Å²) in [5.74, 6) is 1.05. The third-order valence-corrected chi connectivity index (χ3v) is 3.35. The smallest absolute Gasteiger partial charge is 0.292 e. The SMILES string of the molecule is CNCCC1CCN(C(=O)c2ccno2)CC1. The van der Waals surface area contributed by atoms with Crippen molar-refractivity contribution in [3.05, 3.63) is 18.0 Å². The molecule has 1 saturated heterocycles. The van der Waals surface area contributed by atoms with Crippen molar-refractivity contribution < 1.29 is 9.32 Å². The molecule has 5 heteroatoms. The fraction of sp³-hybridized carbons (Fsp3) is 0.667. The summed E-state index contributed by atoms with van der Waals surface area (Å²) in [6.07, 6.45) is 4.87. The summed E-state index contributed by atoms with van der Waals surface area (Å²) < 4.78 is 4.89. The summed E-state index contributed by atoms with van der Waals surface area (Å²) in [5.41, 5.74) is 0. The molecule has 17 heavy (non-hydrogen) atoms. The van der Waals surface area contributed by atoms with Gasteiger partial charge in [0.25, 0.3) is 5.91 Å². The van der Waals surface area contributed by atoms with Crippen LogP contribution in [0, 0.1) is 5.92 Å². The lowest BCUT2D eigenvalue weighted by molar-refractivity contribution is 0.0645. The van der Waals surface area contributed by atoms with Crippen molar-refractivity contribution >= 4 is 5.91 Å². The summed E-state index contributed by atoms with van der Waals surface area (Å²) in [4.78, 5) is 13.8. The van der Waals surface area contributed by atoms with E-state index >= 15 is 0 Å². The van der Waals surface area contributed by atoms with E-state index in [-0.39, 0.29) is 5.91 Å². The maximum atomic E-state index is 12.0. The van der Waals surface area contributed by atoms with Crippen LogP contribution in [0.3, 0.4) is 0 Å². The number of nitrogens with one attached hydrogen (secondary N) is 1. The van der Waals surface area contributed by atoms with Crippen molar-refractivity contribution in [2.24, 2.45) is 5.92 Å². The number of amides is 1. The van der Waals surface area contributed by atoms with Crippen LogP contribution in [0.4, 0.5) is 0 Å². The van der Waals surface area contributed by atoms with Crippen LogP contribution >= 0.6 is 0 Å². The normalized spacial score (nSPS) is 17.4. The second-order valence-electron chi connectivity index (χ2n) is 4.50. The minimum absolute atomic E-state index is 0.0328. The molecule has 0 aromatic carbocycles. The lowest BCUT2D eigenvalue weighted by atomic mass is 9.93. The van der Waals surface area contributed by atoms with Crippen molar-refractivity contribution in [2.75, 3.05) is 26.7 Å². The van der Waals surface area contributed by atoms with Gasteiger partial charge in [-0.3, -0.25) is 4.79 Å². The van der Waals surface area contributed by atoms with Crippen molar-refractivity contribution in [3.63, 3.8) is 0 Å². The lowest BCUT2D eigenvalue weighted by Gasteiger charge is -2.31. The topological polar surface area (TPSA) is 58.4 Å². The zero-order valence-electron chi connectivity index (χ0n) is 10.2. The van der Waals surface area contributed by atoms with Crippen LogP contribution in [-0.4, -0.2) is 42.6 Å². The molecule has 1 aromatic heterocycles. The quantitative estimate of drug-likeness (QED) is 0.853. The van der Waals surface area contributed by atoms with E-state index in [1.807, 2.05) is 11.9 Å². The maximum Gasteiger partial charge on any atom is 0.292 e. The molecule has 1 aliphatic heterocycles. The van der Waals surface area contributed by atoms with Gasteiger partial charge in [-0.25, -0.2) is 0 Å². The molecular weight excluding hydrogens is 218 g/mol. The molecule has 0 aliphatic carbocycles. The summed E-state index contributed by atoms with van der Waals surface area (Å²) in [6, 6.07) is 1.62. The molecule has 0 unspecified atom stereocenters. The van der Waals surface area contributed by atoms with Crippen LogP contribution in [0.5, 0.6) is 0 Å². The van der Waals surface area contributed by atoms with Gasteiger partial charge in [-0.1, -0.05) is 5.16 Å². The zero-order valence-corrected chi connectivity index (χ0v) is 10.2. The van der Waals surface area contributed by atoms with Crippen LogP contribution in [0.15, 0.2) is 16.8 Å². The fourth-order valence-electron chi connectivity index (χ4n) is 2.26. The predicted octanol–water partition coefficient (Wildman–Crippen LogP) is 1.14. The summed E-state index contributed by atoms with van der Waals surface area (Å²) >= 11 is 0. The first kappa shape index (κ1) is 12.1. The number of likely N-dealkylation sites (tertiary alicyclic amines) is 1. The number of carbonyl (C=O) groups is 1. The molecule has 94 valence electrons. The van der Waals surface area contributed by atoms with E-state index in [1.165, 1.54) is 12.6 Å². The van der Waals surface area contributed by atoms with E-state index in [9.17, 15) is 4.79 Å². The van der Waals surface area contributed by atoms with Crippen LogP contribution < -0.4 is 5.32 Å². The van der Waals surface area contributed by atoms with E-state index in [0.29, 0.717) is 5.76 Å². The average Bonchev–Trinajstić information content (AvgIpc) is 2.90. The molecule has 1 amide bonds. The Kier molecular flexibility index (Phi) is 4.14. The van der Waals surface area contributed by atoms with Crippen molar-refractivity contribution in [1.82, 2.24) is 15.4 Å². The van der Waals surface area contributed by atoms with Gasteiger partial charge in [-0.2, -0.15) is 0 Å². The predicted molar refractivity (Wildman–Crippen MR) is 63.7 cm³/mol. The zero-order chi connectivity index (χ0) is 12.1. The Bertz CT molecular complexity index is 343. The van der Waals surface area contributed by atoms with E-state index in [0.717, 1.165) is 38.4 Å². The van der Waals surface area contributed by atoms with Gasteiger partial charge >= 0.3 is 0 Å². The summed E-state index contributed by atoms with van der Waals surface area (Å²) in [7, 11) is 1.97. The number of hydrogen-bond donors (Lipinski definition) is 1. The van der Waals surface area contributed by atoms with Gasteiger partial charge in [-0.15, -0.1) is 0 Å². The first-order valence-electron chi connectivity index (χ1n) is 6.16. The van der Waals surface area contributed by atoms with E-state index in [2.05, 4.69) is 10.5 Å². The average molecular weight is 237 g/mol. The molecular formula is C12H19N3O2. The van der Waals surface area contributed by atoms with Crippen molar-refractivity contribution in [2.45, 2.75) is 19.3 Å². The number of carbonyl (C=O) groups excluding carboxylic acids is 1. The molecule has 2 rings (SSSR count). The second-order valence-corrected chi connectivity index (χ2v) is 4.50. The molecule has 0 saturated carbocycles. The maximum absolute atomic E-state index is 12.0. The Hall–Kier alpha value is -1.36. The van der Waals surface area contributed by atoms with Crippen LogP contribution in [-0.2, 0) is 0 Å². The van der Waals surface area contributed by atoms with Gasteiger partial charge < -0.3 is 14.7 Å². The molecule has 0 bridgehead atoms. The number of rotatable bonds is 4. The van der Waals surface area contributed by atoms with Gasteiger partial charge in [0.1, 0.15) is 0 Å². The van der Waals surface area contributed by atoms with Crippen molar-refractivity contribution in [3.8, 4) is 0 Å². The third-order valence-electron chi connectivity index (χ3n) is 3.35. The Balaban J connectivity index is 1.81. The first-order chi connectivity index (χ1) is 8.31. The van der Waals surface area contributed by atoms with Gasteiger partial charge in [0.05, 0.1) is 6.20 Å².